The van der Waals surface area contributed by atoms with Crippen molar-refractivity contribution in [2.75, 3.05) is 6.61 Å². The third-order valence-corrected chi connectivity index (χ3v) is 3.48. The molecular formula is C15H15F3N2O. The van der Waals surface area contributed by atoms with E-state index in [0.717, 1.165) is 0 Å². The van der Waals surface area contributed by atoms with Gasteiger partial charge in [0.25, 0.3) is 0 Å². The second kappa shape index (κ2) is 5.41. The lowest BCUT2D eigenvalue weighted by molar-refractivity contribution is -0.135. The van der Waals surface area contributed by atoms with Gasteiger partial charge in [-0.15, -0.1) is 0 Å². The van der Waals surface area contributed by atoms with E-state index in [4.69, 9.17) is 11.7 Å². The van der Waals surface area contributed by atoms with Crippen LogP contribution < -0.4 is 0 Å². The van der Waals surface area contributed by atoms with Gasteiger partial charge in [-0.3, -0.25) is 0 Å². The molecule has 0 aliphatic heterocycles. The molecule has 6 heteroatoms. The molecule has 1 unspecified atom stereocenters. The van der Waals surface area contributed by atoms with Crippen LogP contribution in [0.4, 0.5) is 18.9 Å². The zero-order chi connectivity index (χ0) is 15.8. The Labute approximate surface area is 120 Å². The van der Waals surface area contributed by atoms with Gasteiger partial charge in [-0.25, -0.2) is 4.85 Å². The van der Waals surface area contributed by atoms with E-state index in [1.165, 1.54) is 18.2 Å². The highest BCUT2D eigenvalue weighted by Crippen LogP contribution is 2.42. The van der Waals surface area contributed by atoms with Crippen LogP contribution in [0.25, 0.3) is 15.7 Å². The minimum Gasteiger partial charge on any atom is -0.396 e. The van der Waals surface area contributed by atoms with E-state index in [9.17, 15) is 13.2 Å². The number of aromatic nitrogens is 1. The Hall–Kier alpha value is -2.00. The monoisotopic (exact) mass is 296 g/mol. The number of fused-ring (bicyclic) bond motifs is 1. The Kier molecular flexibility index (Phi) is 3.97. The Morgan fingerprint density at radius 1 is 1.38 bits per heavy atom. The molecule has 3 nitrogen and oxygen atoms in total. The molecule has 1 heterocycles. The van der Waals surface area contributed by atoms with E-state index in [1.807, 2.05) is 6.92 Å². The number of hydrogen-bond donors (Lipinski definition) is 1. The zero-order valence-electron chi connectivity index (χ0n) is 11.7. The Morgan fingerprint density at radius 2 is 2.05 bits per heavy atom. The highest BCUT2D eigenvalue weighted by Gasteiger charge is 2.36. The molecule has 0 saturated carbocycles. The van der Waals surface area contributed by atoms with Crippen molar-refractivity contribution in [2.45, 2.75) is 26.6 Å². The normalized spacial score (nSPS) is 13.4. The Morgan fingerprint density at radius 3 is 2.57 bits per heavy atom. The molecule has 1 aromatic carbocycles. The van der Waals surface area contributed by atoms with Gasteiger partial charge in [0.05, 0.1) is 12.1 Å². The number of benzene rings is 1. The second-order valence-corrected chi connectivity index (χ2v) is 5.19. The van der Waals surface area contributed by atoms with Gasteiger partial charge < -0.3 is 9.67 Å². The Balaban J connectivity index is 2.73. The van der Waals surface area contributed by atoms with Gasteiger partial charge in [-0.05, 0) is 25.0 Å². The molecule has 0 radical (unpaired) electrons. The molecule has 0 aliphatic rings. The predicted octanol–water partition coefficient (Wildman–Crippen LogP) is 4.15. The average molecular weight is 296 g/mol. The van der Waals surface area contributed by atoms with Crippen molar-refractivity contribution in [3.8, 4) is 0 Å². The van der Waals surface area contributed by atoms with Crippen molar-refractivity contribution < 1.29 is 18.3 Å². The number of aliphatic hydroxyl groups excluding tert-OH is 1. The summed E-state index contributed by atoms with van der Waals surface area (Å²) in [5.74, 6) is -0.0609. The molecule has 21 heavy (non-hydrogen) atoms. The van der Waals surface area contributed by atoms with E-state index in [-0.39, 0.29) is 23.6 Å². The van der Waals surface area contributed by atoms with E-state index < -0.39 is 11.7 Å². The SMILES string of the molecule is [C-]#[N+]c1ccc2c(cc(C)n2CC(C)CO)c1C(F)(F)F. The largest absolute Gasteiger partial charge is 0.408 e. The van der Waals surface area contributed by atoms with Crippen molar-refractivity contribution in [1.82, 2.24) is 4.57 Å². The molecule has 0 spiro atoms. The van der Waals surface area contributed by atoms with Crippen molar-refractivity contribution in [3.05, 3.63) is 40.9 Å². The molecule has 0 bridgehead atoms. The standard InChI is InChI=1S/C15H15F3N2O/c1-9(8-21)7-20-10(2)6-11-13(20)5-4-12(19-3)14(11)15(16,17)18/h4-6,9,21H,7-8H2,1-2H3. The predicted molar refractivity (Wildman–Crippen MR) is 74.2 cm³/mol. The van der Waals surface area contributed by atoms with E-state index in [0.29, 0.717) is 17.8 Å². The first-order valence-electron chi connectivity index (χ1n) is 6.48. The molecule has 112 valence electrons. The first-order valence-corrected chi connectivity index (χ1v) is 6.48. The van der Waals surface area contributed by atoms with Crippen LogP contribution in [0.5, 0.6) is 0 Å². The number of nitrogens with zero attached hydrogens (tertiary/aromatic N) is 2. The molecule has 0 saturated heterocycles. The van der Waals surface area contributed by atoms with Crippen LogP contribution in [0, 0.1) is 19.4 Å². The lowest BCUT2D eigenvalue weighted by Crippen LogP contribution is -2.12. The molecule has 2 aromatic rings. The van der Waals surface area contributed by atoms with Crippen molar-refractivity contribution in [3.63, 3.8) is 0 Å². The van der Waals surface area contributed by atoms with Gasteiger partial charge in [0.2, 0.25) is 0 Å². The van der Waals surface area contributed by atoms with Gasteiger partial charge in [-0.1, -0.05) is 13.0 Å². The fraction of sp³-hybridized carbons (Fsp3) is 0.400. The van der Waals surface area contributed by atoms with E-state index in [2.05, 4.69) is 4.85 Å². The minimum atomic E-state index is -4.57. The smallest absolute Gasteiger partial charge is 0.396 e. The molecule has 2 rings (SSSR count). The number of aliphatic hydroxyl groups is 1. The van der Waals surface area contributed by atoms with E-state index >= 15 is 0 Å². The lowest BCUT2D eigenvalue weighted by Gasteiger charge is -2.14. The fourth-order valence-electron chi connectivity index (χ4n) is 2.46. The topological polar surface area (TPSA) is 29.5 Å². The first-order chi connectivity index (χ1) is 9.79. The van der Waals surface area contributed by atoms with Crippen LogP contribution in [-0.2, 0) is 12.7 Å². The number of halogens is 3. The summed E-state index contributed by atoms with van der Waals surface area (Å²) in [5, 5.41) is 9.17. The molecule has 1 aromatic heterocycles. The van der Waals surface area contributed by atoms with Crippen LogP contribution >= 0.6 is 0 Å². The summed E-state index contributed by atoms with van der Waals surface area (Å²) >= 11 is 0. The van der Waals surface area contributed by atoms with Crippen molar-refractivity contribution in [1.29, 1.82) is 0 Å². The maximum absolute atomic E-state index is 13.2. The molecule has 1 N–H and O–H groups in total. The molecule has 0 amide bonds. The van der Waals surface area contributed by atoms with Gasteiger partial charge in [0.1, 0.15) is 0 Å². The van der Waals surface area contributed by atoms with Crippen LogP contribution in [0.3, 0.4) is 0 Å². The van der Waals surface area contributed by atoms with Crippen LogP contribution in [0.15, 0.2) is 18.2 Å². The van der Waals surface area contributed by atoms with Gasteiger partial charge in [0.15, 0.2) is 5.69 Å². The number of hydrogen-bond acceptors (Lipinski definition) is 1. The lowest BCUT2D eigenvalue weighted by atomic mass is 10.1. The summed E-state index contributed by atoms with van der Waals surface area (Å²) in [5.41, 5.74) is -0.152. The quantitative estimate of drug-likeness (QED) is 0.847. The molecular weight excluding hydrogens is 281 g/mol. The van der Waals surface area contributed by atoms with Crippen LogP contribution in [0.2, 0.25) is 0 Å². The van der Waals surface area contributed by atoms with Crippen molar-refractivity contribution >= 4 is 16.6 Å². The summed E-state index contributed by atoms with van der Waals surface area (Å²) in [6.07, 6.45) is -4.57. The highest BCUT2D eigenvalue weighted by atomic mass is 19.4. The third kappa shape index (κ3) is 2.74. The van der Waals surface area contributed by atoms with Crippen molar-refractivity contribution in [2.24, 2.45) is 5.92 Å². The van der Waals surface area contributed by atoms with Gasteiger partial charge in [0, 0.05) is 29.7 Å². The summed E-state index contributed by atoms with van der Waals surface area (Å²) in [6, 6.07) is 4.20. The van der Waals surface area contributed by atoms with Crippen LogP contribution in [-0.4, -0.2) is 16.3 Å². The van der Waals surface area contributed by atoms with Gasteiger partial charge in [-0.2, -0.15) is 13.2 Å². The highest BCUT2D eigenvalue weighted by molar-refractivity contribution is 5.90. The summed E-state index contributed by atoms with van der Waals surface area (Å²) in [6.45, 7) is 10.9. The van der Waals surface area contributed by atoms with Gasteiger partial charge >= 0.3 is 6.18 Å². The molecule has 1 atom stereocenters. The Bertz CT molecular complexity index is 710. The van der Waals surface area contributed by atoms with Crippen LogP contribution in [0.1, 0.15) is 18.2 Å². The maximum atomic E-state index is 13.2. The third-order valence-electron chi connectivity index (χ3n) is 3.48. The number of rotatable bonds is 3. The first kappa shape index (κ1) is 15.4. The zero-order valence-corrected chi connectivity index (χ0v) is 11.7. The fourth-order valence-corrected chi connectivity index (χ4v) is 2.46. The summed E-state index contributed by atoms with van der Waals surface area (Å²) < 4.78 is 41.5. The minimum absolute atomic E-state index is 0.0363. The number of alkyl halides is 3. The molecule has 0 aliphatic carbocycles. The summed E-state index contributed by atoms with van der Waals surface area (Å²) in [7, 11) is 0. The summed E-state index contributed by atoms with van der Waals surface area (Å²) in [4.78, 5) is 2.98. The van der Waals surface area contributed by atoms with E-state index in [1.54, 1.807) is 11.5 Å². The average Bonchev–Trinajstić information content (AvgIpc) is 2.72. The second-order valence-electron chi connectivity index (χ2n) is 5.19. The maximum Gasteiger partial charge on any atom is 0.408 e. The molecule has 0 fully saturated rings. The number of aryl methyl sites for hydroxylation is 1.